The number of pyridine rings is 1. The first kappa shape index (κ1) is 22.7. The van der Waals surface area contributed by atoms with Crippen molar-refractivity contribution in [1.82, 2.24) is 19.7 Å². The number of carbonyl (C=O) groups excluding carboxylic acids is 1. The number of nitrogens with one attached hydrogen (secondary N) is 1. The summed E-state index contributed by atoms with van der Waals surface area (Å²) in [7, 11) is 0. The third kappa shape index (κ3) is 4.28. The van der Waals surface area contributed by atoms with Crippen LogP contribution < -0.4 is 10.3 Å². The number of aromatic hydroxyl groups is 1. The molecule has 4 aromatic rings. The van der Waals surface area contributed by atoms with Crippen molar-refractivity contribution in [3.05, 3.63) is 75.7 Å². The second kappa shape index (κ2) is 8.95. The van der Waals surface area contributed by atoms with E-state index in [0.717, 1.165) is 44.5 Å². The molecule has 0 saturated carbocycles. The molecule has 4 heterocycles. The molecule has 1 aliphatic rings. The van der Waals surface area contributed by atoms with Crippen molar-refractivity contribution in [1.29, 1.82) is 0 Å². The summed E-state index contributed by atoms with van der Waals surface area (Å²) in [5.41, 5.74) is 5.60. The molecule has 1 aliphatic heterocycles. The maximum atomic E-state index is 11.5. The molecule has 0 saturated heterocycles. The molecule has 0 fully saturated rings. The predicted octanol–water partition coefficient (Wildman–Crippen LogP) is 4.13. The number of carbonyl (C=O) groups is 1. The lowest BCUT2D eigenvalue weighted by molar-refractivity contribution is -0.114. The first-order chi connectivity index (χ1) is 16.8. The number of hydrogen-bond donors (Lipinski definition) is 2. The van der Waals surface area contributed by atoms with Crippen molar-refractivity contribution in [2.75, 3.05) is 16.9 Å². The van der Waals surface area contributed by atoms with Gasteiger partial charge in [0.2, 0.25) is 5.91 Å². The number of aryl methyl sites for hydroxylation is 2. The van der Waals surface area contributed by atoms with Crippen molar-refractivity contribution in [3.63, 3.8) is 0 Å². The Labute approximate surface area is 206 Å². The molecule has 9 nitrogen and oxygen atoms in total. The summed E-state index contributed by atoms with van der Waals surface area (Å²) < 4.78 is 2.06. The van der Waals surface area contributed by atoms with Crippen LogP contribution in [0.25, 0.3) is 5.00 Å². The van der Waals surface area contributed by atoms with Crippen LogP contribution in [0.3, 0.4) is 0 Å². The minimum absolute atomic E-state index is 0.114. The van der Waals surface area contributed by atoms with Crippen LogP contribution in [0.15, 0.2) is 47.8 Å². The van der Waals surface area contributed by atoms with Crippen LogP contribution in [0.2, 0.25) is 0 Å². The summed E-state index contributed by atoms with van der Waals surface area (Å²) in [5.74, 6) is 1.44. The van der Waals surface area contributed by atoms with Gasteiger partial charge < -0.3 is 10.4 Å². The average molecular weight is 488 g/mol. The van der Waals surface area contributed by atoms with Crippen molar-refractivity contribution in [2.24, 2.45) is 5.10 Å². The van der Waals surface area contributed by atoms with Crippen molar-refractivity contribution < 1.29 is 9.90 Å². The molecule has 0 unspecified atom stereocenters. The molecule has 2 N–H and O–H groups in total. The number of hydrazone groups is 1. The summed E-state index contributed by atoms with van der Waals surface area (Å²) in [5, 5.41) is 29.4. The lowest BCUT2D eigenvalue weighted by Crippen LogP contribution is -2.24. The Hall–Kier alpha value is -4.05. The fourth-order valence-electron chi connectivity index (χ4n) is 4.13. The molecule has 10 heteroatoms. The van der Waals surface area contributed by atoms with Gasteiger partial charge in [0.25, 0.3) is 5.95 Å². The van der Waals surface area contributed by atoms with Gasteiger partial charge in [-0.15, -0.1) is 21.5 Å². The van der Waals surface area contributed by atoms with E-state index in [9.17, 15) is 9.90 Å². The smallest absolute Gasteiger partial charge is 0.253 e. The zero-order chi connectivity index (χ0) is 24.7. The molecule has 3 aromatic heterocycles. The van der Waals surface area contributed by atoms with Gasteiger partial charge in [-0.05, 0) is 56.5 Å². The summed E-state index contributed by atoms with van der Waals surface area (Å²) in [6.45, 7) is 8.17. The Morgan fingerprint density at radius 1 is 1.11 bits per heavy atom. The molecule has 0 aliphatic carbocycles. The van der Waals surface area contributed by atoms with E-state index < -0.39 is 0 Å². The number of amides is 1. The van der Waals surface area contributed by atoms with E-state index in [1.54, 1.807) is 23.6 Å². The average Bonchev–Trinajstić information content (AvgIpc) is 3.29. The van der Waals surface area contributed by atoms with E-state index >= 15 is 0 Å². The summed E-state index contributed by atoms with van der Waals surface area (Å²) in [6.07, 6.45) is 3.76. The number of aromatic nitrogens is 4. The van der Waals surface area contributed by atoms with Crippen LogP contribution in [0.4, 0.5) is 11.6 Å². The molecule has 0 radical (unpaired) electrons. The SMILES string of the molecule is CC(=O)Nc1ccc(C2=NN(CCc3cncc(O)c3)c3nnc(C)n3-c3sc(C)c(C)c32)cc1. The lowest BCUT2D eigenvalue weighted by Gasteiger charge is -2.18. The van der Waals surface area contributed by atoms with Crippen LogP contribution in [0.1, 0.15) is 39.9 Å². The van der Waals surface area contributed by atoms with Gasteiger partial charge in [-0.3, -0.25) is 14.3 Å². The highest BCUT2D eigenvalue weighted by molar-refractivity contribution is 7.15. The van der Waals surface area contributed by atoms with Crippen molar-refractivity contribution in [3.8, 4) is 10.8 Å². The van der Waals surface area contributed by atoms with Gasteiger partial charge >= 0.3 is 0 Å². The number of anilines is 2. The molecule has 1 aromatic carbocycles. The topological polar surface area (TPSA) is 109 Å². The monoisotopic (exact) mass is 487 g/mol. The Morgan fingerprint density at radius 2 is 1.89 bits per heavy atom. The zero-order valence-corrected chi connectivity index (χ0v) is 20.7. The van der Waals surface area contributed by atoms with E-state index in [0.29, 0.717) is 18.9 Å². The van der Waals surface area contributed by atoms with E-state index in [2.05, 4.69) is 38.9 Å². The van der Waals surface area contributed by atoms with Crippen LogP contribution in [0.5, 0.6) is 5.75 Å². The Kier molecular flexibility index (Phi) is 5.81. The van der Waals surface area contributed by atoms with Crippen LogP contribution >= 0.6 is 11.3 Å². The number of fused-ring (bicyclic) bond motifs is 3. The molecule has 178 valence electrons. The number of thiophene rings is 1. The Bertz CT molecular complexity index is 1450. The number of hydrogen-bond acceptors (Lipinski definition) is 8. The predicted molar refractivity (Wildman–Crippen MR) is 137 cm³/mol. The first-order valence-electron chi connectivity index (χ1n) is 11.2. The Balaban J connectivity index is 1.62. The van der Waals surface area contributed by atoms with Gasteiger partial charge in [0.15, 0.2) is 0 Å². The molecule has 1 amide bonds. The largest absolute Gasteiger partial charge is 0.506 e. The van der Waals surface area contributed by atoms with Gasteiger partial charge in [0.05, 0.1) is 6.20 Å². The maximum absolute atomic E-state index is 11.5. The number of benzene rings is 1. The van der Waals surface area contributed by atoms with Gasteiger partial charge in [-0.1, -0.05) is 12.1 Å². The molecule has 5 rings (SSSR count). The molecule has 0 bridgehead atoms. The van der Waals surface area contributed by atoms with Crippen molar-refractivity contribution >= 4 is 34.6 Å². The Morgan fingerprint density at radius 3 is 2.60 bits per heavy atom. The van der Waals surface area contributed by atoms with E-state index in [4.69, 9.17) is 5.10 Å². The molecule has 0 atom stereocenters. The minimum atomic E-state index is -0.114. The van der Waals surface area contributed by atoms with Gasteiger partial charge in [-0.25, -0.2) is 5.01 Å². The normalized spacial score (nSPS) is 12.6. The molecular weight excluding hydrogens is 462 g/mol. The fraction of sp³-hybridized carbons (Fsp3) is 0.240. The maximum Gasteiger partial charge on any atom is 0.253 e. The minimum Gasteiger partial charge on any atom is -0.506 e. The third-order valence-electron chi connectivity index (χ3n) is 5.94. The van der Waals surface area contributed by atoms with Gasteiger partial charge in [0, 0.05) is 41.4 Å². The molecule has 0 spiro atoms. The van der Waals surface area contributed by atoms with Crippen LogP contribution in [-0.4, -0.2) is 43.0 Å². The summed E-state index contributed by atoms with van der Waals surface area (Å²) in [6, 6.07) is 9.41. The summed E-state index contributed by atoms with van der Waals surface area (Å²) in [4.78, 5) is 16.8. The molecular formula is C25H25N7O2S. The van der Waals surface area contributed by atoms with E-state index in [-0.39, 0.29) is 11.7 Å². The zero-order valence-electron chi connectivity index (χ0n) is 19.9. The van der Waals surface area contributed by atoms with Crippen LogP contribution in [0, 0.1) is 20.8 Å². The molecule has 35 heavy (non-hydrogen) atoms. The quantitative estimate of drug-likeness (QED) is 0.438. The van der Waals surface area contributed by atoms with Gasteiger partial charge in [-0.2, -0.15) is 5.10 Å². The lowest BCUT2D eigenvalue weighted by atomic mass is 10.00. The highest BCUT2D eigenvalue weighted by atomic mass is 32.1. The number of nitrogens with zero attached hydrogens (tertiary/aromatic N) is 6. The van der Waals surface area contributed by atoms with Crippen LogP contribution in [-0.2, 0) is 11.2 Å². The standard InChI is InChI=1S/C25H25N7O2S/c1-14-15(2)35-24-22(14)23(19-5-7-20(8-6-19)27-17(4)33)30-31(25-29-28-16(3)32(24)25)10-9-18-11-21(34)13-26-12-18/h5-8,11-13,34H,9-10H2,1-4H3,(H,27,33). The second-order valence-corrected chi connectivity index (χ2v) is 9.68. The van der Waals surface area contributed by atoms with Crippen molar-refractivity contribution in [2.45, 2.75) is 34.1 Å². The third-order valence-corrected chi connectivity index (χ3v) is 7.13. The number of rotatable bonds is 5. The van der Waals surface area contributed by atoms with E-state index in [1.165, 1.54) is 18.0 Å². The fourth-order valence-corrected chi connectivity index (χ4v) is 5.33. The highest BCUT2D eigenvalue weighted by Gasteiger charge is 2.30. The first-order valence-corrected chi connectivity index (χ1v) is 12.0. The highest BCUT2D eigenvalue weighted by Crippen LogP contribution is 2.38. The van der Waals surface area contributed by atoms with Gasteiger partial charge in [0.1, 0.15) is 22.3 Å². The summed E-state index contributed by atoms with van der Waals surface area (Å²) >= 11 is 1.70. The van der Waals surface area contributed by atoms with E-state index in [1.807, 2.05) is 36.2 Å². The second-order valence-electron chi connectivity index (χ2n) is 8.48.